The second kappa shape index (κ2) is 2.31. The van der Waals surface area contributed by atoms with E-state index < -0.39 is 5.79 Å². The molecule has 1 rings (SSSR count). The molecule has 12 heavy (non-hydrogen) atoms. The van der Waals surface area contributed by atoms with Crippen molar-refractivity contribution in [2.24, 2.45) is 5.41 Å². The highest BCUT2D eigenvalue weighted by Gasteiger charge is 2.47. The summed E-state index contributed by atoms with van der Waals surface area (Å²) in [6, 6.07) is 0. The van der Waals surface area contributed by atoms with Gasteiger partial charge in [-0.2, -0.15) is 0 Å². The lowest BCUT2D eigenvalue weighted by Gasteiger charge is -2.35. The maximum absolute atomic E-state index is 9.23. The van der Waals surface area contributed by atoms with E-state index in [2.05, 4.69) is 0 Å². The van der Waals surface area contributed by atoms with Gasteiger partial charge in [0.1, 0.15) is 0 Å². The first-order valence-electron chi connectivity index (χ1n) is 4.04. The Morgan fingerprint density at radius 1 is 1.25 bits per heavy atom. The van der Waals surface area contributed by atoms with Gasteiger partial charge in [0.15, 0.2) is 5.76 Å². The molecule has 0 spiro atoms. The van der Waals surface area contributed by atoms with Crippen LogP contribution in [0.2, 0.25) is 0 Å². The number of ether oxygens (including phenoxy) is 2. The summed E-state index contributed by atoms with van der Waals surface area (Å²) in [5.74, 6) is -0.402. The van der Waals surface area contributed by atoms with E-state index in [0.717, 1.165) is 0 Å². The Balaban J connectivity index is 2.84. The Bertz CT molecular complexity index is 208. The van der Waals surface area contributed by atoms with Crippen LogP contribution in [0.1, 0.15) is 34.6 Å². The zero-order valence-electron chi connectivity index (χ0n) is 8.26. The Hall–Kier alpha value is -0.860. The number of hydrogen-bond donors (Lipinski definition) is 1. The van der Waals surface area contributed by atoms with Gasteiger partial charge in [0.05, 0.1) is 0 Å². The second-order valence-corrected chi connectivity index (χ2v) is 4.26. The van der Waals surface area contributed by atoms with Crippen LogP contribution in [0.4, 0.5) is 0 Å². The fraction of sp³-hybridized carbons (Fsp3) is 0.778. The zero-order chi connectivity index (χ0) is 9.57. The number of aliphatic hydroxyl groups is 1. The average Bonchev–Trinajstić information content (AvgIpc) is 2.06. The van der Waals surface area contributed by atoms with Crippen LogP contribution < -0.4 is 0 Å². The minimum Gasteiger partial charge on any atom is -0.478 e. The van der Waals surface area contributed by atoms with Crippen LogP contribution in [-0.4, -0.2) is 10.9 Å². The minimum absolute atomic E-state index is 0.104. The van der Waals surface area contributed by atoms with Gasteiger partial charge in [-0.15, -0.1) is 0 Å². The molecule has 0 fully saturated rings. The van der Waals surface area contributed by atoms with Gasteiger partial charge in [0.25, 0.3) is 5.79 Å². The van der Waals surface area contributed by atoms with E-state index in [-0.39, 0.29) is 11.4 Å². The summed E-state index contributed by atoms with van der Waals surface area (Å²) in [6.07, 6.45) is 0. The third kappa shape index (κ3) is 1.24. The van der Waals surface area contributed by atoms with Crippen LogP contribution in [0.25, 0.3) is 0 Å². The Kier molecular flexibility index (Phi) is 1.78. The van der Waals surface area contributed by atoms with Crippen molar-refractivity contribution in [2.45, 2.75) is 40.4 Å². The first-order chi connectivity index (χ1) is 5.26. The molecule has 1 unspecified atom stereocenters. The van der Waals surface area contributed by atoms with Crippen molar-refractivity contribution >= 4 is 0 Å². The predicted molar refractivity (Wildman–Crippen MR) is 45.4 cm³/mol. The van der Waals surface area contributed by atoms with Gasteiger partial charge < -0.3 is 14.6 Å². The van der Waals surface area contributed by atoms with Crippen molar-refractivity contribution in [3.05, 3.63) is 11.7 Å². The molecule has 0 aliphatic carbocycles. The largest absolute Gasteiger partial charge is 0.478 e. The molecule has 0 aromatic heterocycles. The molecule has 1 heterocycles. The fourth-order valence-electron chi connectivity index (χ4n) is 0.919. The highest BCUT2D eigenvalue weighted by molar-refractivity contribution is 5.01. The number of hydrogen-bond acceptors (Lipinski definition) is 3. The zero-order valence-corrected chi connectivity index (χ0v) is 8.26. The molecule has 0 aromatic carbocycles. The molecule has 0 amide bonds. The van der Waals surface area contributed by atoms with E-state index in [4.69, 9.17) is 9.47 Å². The number of aliphatic hydroxyl groups excluding tert-OH is 1. The van der Waals surface area contributed by atoms with Crippen molar-refractivity contribution in [1.82, 2.24) is 0 Å². The number of rotatable bonds is 0. The topological polar surface area (TPSA) is 38.7 Å². The normalized spacial score (nSPS) is 30.1. The Morgan fingerprint density at radius 2 is 1.75 bits per heavy atom. The van der Waals surface area contributed by atoms with Crippen molar-refractivity contribution in [2.75, 3.05) is 0 Å². The van der Waals surface area contributed by atoms with Gasteiger partial charge in [-0.3, -0.25) is 0 Å². The van der Waals surface area contributed by atoms with Gasteiger partial charge >= 0.3 is 5.95 Å². The molecule has 0 bridgehead atoms. The van der Waals surface area contributed by atoms with E-state index in [1.54, 1.807) is 6.92 Å². The molecule has 3 heteroatoms. The third-order valence-corrected chi connectivity index (χ3v) is 2.30. The molecule has 1 atom stereocenters. The SMILES string of the molecule is CC1=C(O)OC(C)(C(C)(C)C)O1. The fourth-order valence-corrected chi connectivity index (χ4v) is 0.919. The molecule has 70 valence electrons. The maximum Gasteiger partial charge on any atom is 0.319 e. The monoisotopic (exact) mass is 172 g/mol. The lowest BCUT2D eigenvalue weighted by Crippen LogP contribution is -2.41. The van der Waals surface area contributed by atoms with Crippen LogP contribution in [0.15, 0.2) is 11.7 Å². The van der Waals surface area contributed by atoms with Crippen LogP contribution in [0.5, 0.6) is 0 Å². The number of allylic oxidation sites excluding steroid dienone is 1. The summed E-state index contributed by atoms with van der Waals surface area (Å²) in [4.78, 5) is 0. The highest BCUT2D eigenvalue weighted by atomic mass is 16.8. The van der Waals surface area contributed by atoms with Crippen molar-refractivity contribution in [3.8, 4) is 0 Å². The van der Waals surface area contributed by atoms with Crippen LogP contribution >= 0.6 is 0 Å². The van der Waals surface area contributed by atoms with E-state index in [0.29, 0.717) is 5.76 Å². The minimum atomic E-state index is -0.749. The Labute approximate surface area is 73.0 Å². The first kappa shape index (κ1) is 9.23. The standard InChI is InChI=1S/C9H16O3/c1-6-7(10)12-9(5,11-6)8(2,3)4/h10H,1-5H3. The molecule has 0 saturated heterocycles. The molecule has 0 saturated carbocycles. The summed E-state index contributed by atoms with van der Waals surface area (Å²) in [5.41, 5.74) is -0.168. The summed E-state index contributed by atoms with van der Waals surface area (Å²) in [6.45, 7) is 9.50. The smallest absolute Gasteiger partial charge is 0.319 e. The van der Waals surface area contributed by atoms with Gasteiger partial charge in [0, 0.05) is 19.3 Å². The molecule has 1 aliphatic rings. The van der Waals surface area contributed by atoms with Gasteiger partial charge in [-0.25, -0.2) is 0 Å². The van der Waals surface area contributed by atoms with E-state index >= 15 is 0 Å². The molecule has 3 nitrogen and oxygen atoms in total. The van der Waals surface area contributed by atoms with Crippen LogP contribution in [0.3, 0.4) is 0 Å². The quantitative estimate of drug-likeness (QED) is 0.610. The van der Waals surface area contributed by atoms with Crippen LogP contribution in [0, 0.1) is 5.41 Å². The van der Waals surface area contributed by atoms with Gasteiger partial charge in [0.2, 0.25) is 0 Å². The van der Waals surface area contributed by atoms with Crippen molar-refractivity contribution in [3.63, 3.8) is 0 Å². The van der Waals surface area contributed by atoms with Gasteiger partial charge in [-0.05, 0) is 0 Å². The summed E-state index contributed by atoms with van der Waals surface area (Å²) in [5, 5.41) is 9.23. The first-order valence-corrected chi connectivity index (χ1v) is 4.04. The molecule has 0 radical (unpaired) electrons. The van der Waals surface area contributed by atoms with Crippen molar-refractivity contribution in [1.29, 1.82) is 0 Å². The highest BCUT2D eigenvalue weighted by Crippen LogP contribution is 2.42. The molecular weight excluding hydrogens is 156 g/mol. The predicted octanol–water partition coefficient (Wildman–Crippen LogP) is 2.54. The summed E-state index contributed by atoms with van der Waals surface area (Å²) in [7, 11) is 0. The lowest BCUT2D eigenvalue weighted by molar-refractivity contribution is -0.216. The summed E-state index contributed by atoms with van der Waals surface area (Å²) < 4.78 is 10.7. The van der Waals surface area contributed by atoms with Gasteiger partial charge in [-0.1, -0.05) is 20.8 Å². The molecule has 1 aliphatic heterocycles. The summed E-state index contributed by atoms with van der Waals surface area (Å²) >= 11 is 0. The maximum atomic E-state index is 9.23. The Morgan fingerprint density at radius 3 is 1.92 bits per heavy atom. The third-order valence-electron chi connectivity index (χ3n) is 2.30. The van der Waals surface area contributed by atoms with Crippen molar-refractivity contribution < 1.29 is 14.6 Å². The van der Waals surface area contributed by atoms with E-state index in [1.165, 1.54) is 0 Å². The molecular formula is C9H16O3. The molecule has 0 aromatic rings. The van der Waals surface area contributed by atoms with E-state index in [1.807, 2.05) is 27.7 Å². The second-order valence-electron chi connectivity index (χ2n) is 4.26. The lowest BCUT2D eigenvalue weighted by atomic mass is 9.87. The average molecular weight is 172 g/mol. The molecule has 1 N–H and O–H groups in total. The van der Waals surface area contributed by atoms with E-state index in [9.17, 15) is 5.11 Å². The van der Waals surface area contributed by atoms with Crippen LogP contribution in [-0.2, 0) is 9.47 Å².